The molecule has 2 bridgehead atoms. The molecule has 29 heavy (non-hydrogen) atoms. The van der Waals surface area contributed by atoms with Crippen molar-refractivity contribution >= 4 is 5.97 Å². The molecular formula is C23H28N2O4. The van der Waals surface area contributed by atoms with E-state index >= 15 is 0 Å². The SMILES string of the molecule is COc1ccc2c3c1O[C@H]1C(OC(=O)C4CCCN4)=CC[C@H]4[C@@H](C2)N(C)CC[C@]314. The van der Waals surface area contributed by atoms with E-state index in [1.54, 1.807) is 7.11 Å². The second kappa shape index (κ2) is 6.22. The second-order valence-corrected chi connectivity index (χ2v) is 9.19. The number of nitrogens with zero attached hydrogens (tertiary/aromatic N) is 1. The van der Waals surface area contributed by atoms with E-state index in [1.165, 1.54) is 11.1 Å². The molecule has 6 heteroatoms. The molecule has 6 rings (SSSR count). The maximum atomic E-state index is 12.8. The van der Waals surface area contributed by atoms with E-state index in [9.17, 15) is 4.79 Å². The van der Waals surface area contributed by atoms with E-state index < -0.39 is 0 Å². The third-order valence-corrected chi connectivity index (χ3v) is 7.99. The maximum Gasteiger partial charge on any atom is 0.328 e. The van der Waals surface area contributed by atoms with Gasteiger partial charge in [-0.1, -0.05) is 6.07 Å². The zero-order chi connectivity index (χ0) is 19.8. The lowest BCUT2D eigenvalue weighted by Crippen LogP contribution is -2.63. The highest BCUT2D eigenvalue weighted by Gasteiger charge is 2.64. The van der Waals surface area contributed by atoms with Gasteiger partial charge in [0.2, 0.25) is 0 Å². The third-order valence-electron chi connectivity index (χ3n) is 7.99. The van der Waals surface area contributed by atoms with Crippen LogP contribution in [0.1, 0.15) is 36.8 Å². The van der Waals surface area contributed by atoms with Gasteiger partial charge in [-0.3, -0.25) is 0 Å². The van der Waals surface area contributed by atoms with Crippen molar-refractivity contribution in [2.75, 3.05) is 27.2 Å². The monoisotopic (exact) mass is 396 g/mol. The Balaban J connectivity index is 1.44. The summed E-state index contributed by atoms with van der Waals surface area (Å²) >= 11 is 0. The zero-order valence-electron chi connectivity index (χ0n) is 17.1. The fraction of sp³-hybridized carbons (Fsp3) is 0.609. The summed E-state index contributed by atoms with van der Waals surface area (Å²) in [5.74, 6) is 2.65. The van der Waals surface area contributed by atoms with Gasteiger partial charge >= 0.3 is 5.97 Å². The zero-order valence-corrected chi connectivity index (χ0v) is 17.1. The number of benzene rings is 1. The van der Waals surface area contributed by atoms with Crippen LogP contribution in [-0.2, 0) is 21.4 Å². The summed E-state index contributed by atoms with van der Waals surface area (Å²) in [5, 5.41) is 3.25. The Kier molecular flexibility index (Phi) is 3.81. The van der Waals surface area contributed by atoms with Crippen LogP contribution in [0.15, 0.2) is 24.0 Å². The molecule has 1 aromatic carbocycles. The molecule has 0 aromatic heterocycles. The number of rotatable bonds is 3. The fourth-order valence-electron chi connectivity index (χ4n) is 6.64. The summed E-state index contributed by atoms with van der Waals surface area (Å²) < 4.78 is 18.3. The van der Waals surface area contributed by atoms with Crippen LogP contribution < -0.4 is 14.8 Å². The topological polar surface area (TPSA) is 60.0 Å². The van der Waals surface area contributed by atoms with Gasteiger partial charge < -0.3 is 24.4 Å². The van der Waals surface area contributed by atoms with Gasteiger partial charge in [-0.25, -0.2) is 4.79 Å². The van der Waals surface area contributed by atoms with Gasteiger partial charge in [-0.2, -0.15) is 0 Å². The number of likely N-dealkylation sites (N-methyl/N-ethyl adjacent to an activating group) is 1. The number of piperidine rings is 1. The van der Waals surface area contributed by atoms with Crippen LogP contribution in [0.5, 0.6) is 11.5 Å². The highest BCUT2D eigenvalue weighted by molar-refractivity contribution is 5.77. The quantitative estimate of drug-likeness (QED) is 0.790. The maximum absolute atomic E-state index is 12.8. The van der Waals surface area contributed by atoms with Crippen LogP contribution in [-0.4, -0.2) is 56.3 Å². The number of methoxy groups -OCH3 is 1. The van der Waals surface area contributed by atoms with Crippen molar-refractivity contribution in [2.24, 2.45) is 5.92 Å². The van der Waals surface area contributed by atoms with Crippen LogP contribution in [0.25, 0.3) is 0 Å². The van der Waals surface area contributed by atoms with Gasteiger partial charge in [0, 0.05) is 17.0 Å². The Labute approximate surface area is 171 Å². The molecule has 6 nitrogen and oxygen atoms in total. The van der Waals surface area contributed by atoms with Crippen molar-refractivity contribution in [3.8, 4) is 11.5 Å². The summed E-state index contributed by atoms with van der Waals surface area (Å²) in [5.41, 5.74) is 2.56. The Hall–Kier alpha value is -2.05. The van der Waals surface area contributed by atoms with E-state index in [0.29, 0.717) is 17.7 Å². The molecule has 154 valence electrons. The first kappa shape index (κ1) is 17.8. The number of hydrogen-bond donors (Lipinski definition) is 1. The van der Waals surface area contributed by atoms with Gasteiger partial charge in [0.1, 0.15) is 11.8 Å². The van der Waals surface area contributed by atoms with Crippen molar-refractivity contribution in [1.29, 1.82) is 0 Å². The average Bonchev–Trinajstić information content (AvgIpc) is 3.37. The van der Waals surface area contributed by atoms with Crippen molar-refractivity contribution < 1.29 is 19.0 Å². The minimum Gasteiger partial charge on any atom is -0.493 e. The molecule has 3 heterocycles. The first-order valence-corrected chi connectivity index (χ1v) is 10.9. The van der Waals surface area contributed by atoms with Crippen molar-refractivity contribution in [1.82, 2.24) is 10.2 Å². The molecule has 2 fully saturated rings. The molecule has 0 amide bonds. The Morgan fingerprint density at radius 2 is 2.28 bits per heavy atom. The fourth-order valence-corrected chi connectivity index (χ4v) is 6.64. The largest absolute Gasteiger partial charge is 0.493 e. The van der Waals surface area contributed by atoms with Gasteiger partial charge in [-0.15, -0.1) is 0 Å². The predicted molar refractivity (Wildman–Crippen MR) is 107 cm³/mol. The number of ether oxygens (including phenoxy) is 3. The number of esters is 1. The lowest BCUT2D eigenvalue weighted by atomic mass is 9.53. The Bertz CT molecular complexity index is 906. The second-order valence-electron chi connectivity index (χ2n) is 9.19. The number of carbonyl (C=O) groups is 1. The van der Waals surface area contributed by atoms with Crippen molar-refractivity contribution in [3.05, 3.63) is 35.1 Å². The smallest absolute Gasteiger partial charge is 0.328 e. The standard InChI is InChI=1S/C23H28N2O4/c1-25-11-9-23-14-6-8-18(28-22(26)15-4-3-10-24-15)21(23)29-20-17(27-2)7-5-13(19(20)23)12-16(14)25/h5,7-8,14-16,21,24H,3-4,6,9-12H2,1-2H3/t14-,15?,16+,21-,23-/m0/s1. The lowest BCUT2D eigenvalue weighted by Gasteiger charge is -2.56. The summed E-state index contributed by atoms with van der Waals surface area (Å²) in [6.07, 6.45) is 6.72. The summed E-state index contributed by atoms with van der Waals surface area (Å²) in [4.78, 5) is 15.3. The molecular weight excluding hydrogens is 368 g/mol. The van der Waals surface area contributed by atoms with Crippen molar-refractivity contribution in [2.45, 2.75) is 55.7 Å². The average molecular weight is 396 g/mol. The normalized spacial score (nSPS) is 36.8. The van der Waals surface area contributed by atoms with E-state index in [-0.39, 0.29) is 23.5 Å². The molecule has 1 spiro atoms. The Morgan fingerprint density at radius 1 is 1.38 bits per heavy atom. The molecule has 0 radical (unpaired) electrons. The highest BCUT2D eigenvalue weighted by Crippen LogP contribution is 2.63. The minimum atomic E-state index is -0.242. The van der Waals surface area contributed by atoms with E-state index in [0.717, 1.165) is 56.7 Å². The molecule has 1 aromatic rings. The molecule has 5 atom stereocenters. The number of nitrogens with one attached hydrogen (secondary N) is 1. The van der Waals surface area contributed by atoms with Gasteiger partial charge in [0.25, 0.3) is 0 Å². The van der Waals surface area contributed by atoms with Gasteiger partial charge in [-0.05, 0) is 75.9 Å². The first-order chi connectivity index (χ1) is 14.1. The molecule has 2 aliphatic carbocycles. The number of likely N-dealkylation sites (tertiary alicyclic amines) is 1. The van der Waals surface area contributed by atoms with Crippen LogP contribution in [0.2, 0.25) is 0 Å². The van der Waals surface area contributed by atoms with Crippen LogP contribution in [0.3, 0.4) is 0 Å². The third kappa shape index (κ3) is 2.27. The Morgan fingerprint density at radius 3 is 3.07 bits per heavy atom. The van der Waals surface area contributed by atoms with Crippen LogP contribution >= 0.6 is 0 Å². The molecule has 2 saturated heterocycles. The summed E-state index contributed by atoms with van der Waals surface area (Å²) in [6.45, 7) is 1.91. The summed E-state index contributed by atoms with van der Waals surface area (Å²) in [7, 11) is 3.93. The van der Waals surface area contributed by atoms with E-state index in [2.05, 4.69) is 29.4 Å². The number of hydrogen-bond acceptors (Lipinski definition) is 6. The molecule has 1 unspecified atom stereocenters. The first-order valence-electron chi connectivity index (χ1n) is 10.9. The molecule has 1 N–H and O–H groups in total. The molecule has 5 aliphatic rings. The van der Waals surface area contributed by atoms with Gasteiger partial charge in [0.05, 0.1) is 7.11 Å². The van der Waals surface area contributed by atoms with Crippen molar-refractivity contribution in [3.63, 3.8) is 0 Å². The highest BCUT2D eigenvalue weighted by atomic mass is 16.6. The van der Waals surface area contributed by atoms with Gasteiger partial charge in [0.15, 0.2) is 17.6 Å². The summed E-state index contributed by atoms with van der Waals surface area (Å²) in [6, 6.07) is 4.53. The minimum absolute atomic E-state index is 0.123. The van der Waals surface area contributed by atoms with E-state index in [4.69, 9.17) is 14.2 Å². The van der Waals surface area contributed by atoms with E-state index in [1.807, 2.05) is 6.07 Å². The predicted octanol–water partition coefficient (Wildman–Crippen LogP) is 2.15. The molecule has 3 aliphatic heterocycles. The van der Waals surface area contributed by atoms with Crippen LogP contribution in [0, 0.1) is 5.92 Å². The number of allylic oxidation sites excluding steroid dienone is 1. The lowest BCUT2D eigenvalue weighted by molar-refractivity contribution is -0.144. The molecule has 0 saturated carbocycles. The number of carbonyl (C=O) groups excluding carboxylic acids is 1. The van der Waals surface area contributed by atoms with Crippen LogP contribution in [0.4, 0.5) is 0 Å².